The van der Waals surface area contributed by atoms with E-state index in [1.165, 1.54) is 21.3 Å². The average Bonchev–Trinajstić information content (AvgIpc) is 2.79. The Bertz CT molecular complexity index is 1190. The van der Waals surface area contributed by atoms with Gasteiger partial charge in [-0.2, -0.15) is 4.31 Å². The van der Waals surface area contributed by atoms with Crippen LogP contribution in [0.25, 0.3) is 0 Å². The molecular weight excluding hydrogens is 478 g/mol. The van der Waals surface area contributed by atoms with E-state index in [1.807, 2.05) is 19.9 Å². The lowest BCUT2D eigenvalue weighted by Gasteiger charge is -2.34. The van der Waals surface area contributed by atoms with E-state index in [2.05, 4.69) is 5.32 Å². The first kappa shape index (κ1) is 24.5. The number of nitrogens with one attached hydrogen (secondary N) is 1. The summed E-state index contributed by atoms with van der Waals surface area (Å²) in [5.41, 5.74) is 1.02. The van der Waals surface area contributed by atoms with Gasteiger partial charge in [-0.05, 0) is 48.1 Å². The summed E-state index contributed by atoms with van der Waals surface area (Å²) in [5, 5.41) is 3.29. The van der Waals surface area contributed by atoms with Gasteiger partial charge in [-0.1, -0.05) is 43.6 Å². The highest BCUT2D eigenvalue weighted by atomic mass is 35.5. The van der Waals surface area contributed by atoms with Crippen molar-refractivity contribution in [3.8, 4) is 5.75 Å². The van der Waals surface area contributed by atoms with Gasteiger partial charge in [0.05, 0.1) is 10.6 Å². The first-order valence-corrected chi connectivity index (χ1v) is 13.0. The van der Waals surface area contributed by atoms with Crippen molar-refractivity contribution in [1.82, 2.24) is 9.62 Å². The Labute approximate surface area is 204 Å². The number of carbonyl (C=O) groups is 2. The number of fused-ring (bicyclic) bond motifs is 1. The summed E-state index contributed by atoms with van der Waals surface area (Å²) in [7, 11) is -3.76. The van der Waals surface area contributed by atoms with Gasteiger partial charge in [-0.3, -0.25) is 14.5 Å². The maximum absolute atomic E-state index is 13.4. The molecule has 0 aromatic heterocycles. The van der Waals surface area contributed by atoms with Crippen LogP contribution in [0, 0.1) is 11.8 Å². The fourth-order valence-electron chi connectivity index (χ4n) is 4.50. The van der Waals surface area contributed by atoms with Crippen molar-refractivity contribution in [2.24, 2.45) is 11.8 Å². The number of sulfonamides is 1. The van der Waals surface area contributed by atoms with E-state index < -0.39 is 21.8 Å². The van der Waals surface area contributed by atoms with E-state index in [4.69, 9.17) is 16.3 Å². The van der Waals surface area contributed by atoms with Crippen molar-refractivity contribution >= 4 is 39.1 Å². The normalized spacial score (nSPS) is 21.0. The van der Waals surface area contributed by atoms with Gasteiger partial charge in [0.25, 0.3) is 5.91 Å². The lowest BCUT2D eigenvalue weighted by molar-refractivity contribution is -0.125. The second kappa shape index (κ2) is 9.93. The lowest BCUT2D eigenvalue weighted by Crippen LogP contribution is -2.45. The summed E-state index contributed by atoms with van der Waals surface area (Å²) in [6, 6.07) is 11.6. The van der Waals surface area contributed by atoms with Crippen molar-refractivity contribution in [1.29, 1.82) is 0 Å². The van der Waals surface area contributed by atoms with Crippen LogP contribution in [0.5, 0.6) is 5.75 Å². The number of hydrogen-bond donors (Lipinski definition) is 1. The highest BCUT2D eigenvalue weighted by molar-refractivity contribution is 7.89. The van der Waals surface area contributed by atoms with Gasteiger partial charge in [0.2, 0.25) is 15.9 Å². The number of halogens is 1. The van der Waals surface area contributed by atoms with Crippen LogP contribution in [-0.2, 0) is 26.2 Å². The zero-order chi connectivity index (χ0) is 24.5. The second-order valence-electron chi connectivity index (χ2n) is 9.03. The van der Waals surface area contributed by atoms with E-state index in [-0.39, 0.29) is 42.1 Å². The summed E-state index contributed by atoms with van der Waals surface area (Å²) in [5.74, 6) is 0.0693. The molecule has 4 rings (SSSR count). The predicted molar refractivity (Wildman–Crippen MR) is 129 cm³/mol. The summed E-state index contributed by atoms with van der Waals surface area (Å²) < 4.78 is 33.7. The SMILES string of the molecule is CC1CC(C)CN(S(=O)(=O)c2ccc3c(c2)N(CC(=O)NCc2ccccc2Cl)C(=O)CO3)C1. The zero-order valence-electron chi connectivity index (χ0n) is 19.2. The number of piperidine rings is 1. The maximum atomic E-state index is 13.4. The van der Waals surface area contributed by atoms with Gasteiger partial charge >= 0.3 is 0 Å². The van der Waals surface area contributed by atoms with Gasteiger partial charge in [0.15, 0.2) is 6.61 Å². The molecule has 1 N–H and O–H groups in total. The van der Waals surface area contributed by atoms with Crippen LogP contribution in [0.2, 0.25) is 5.02 Å². The molecule has 2 heterocycles. The van der Waals surface area contributed by atoms with Crippen LogP contribution < -0.4 is 15.0 Å². The van der Waals surface area contributed by atoms with E-state index in [9.17, 15) is 18.0 Å². The molecule has 10 heteroatoms. The van der Waals surface area contributed by atoms with E-state index in [1.54, 1.807) is 24.3 Å². The van der Waals surface area contributed by atoms with Gasteiger partial charge in [-0.15, -0.1) is 0 Å². The molecule has 0 spiro atoms. The van der Waals surface area contributed by atoms with Crippen LogP contribution in [0.15, 0.2) is 47.4 Å². The minimum Gasteiger partial charge on any atom is -0.482 e. The Morgan fingerprint density at radius 3 is 2.56 bits per heavy atom. The van der Waals surface area contributed by atoms with Gasteiger partial charge in [-0.25, -0.2) is 8.42 Å². The molecule has 0 saturated carbocycles. The summed E-state index contributed by atoms with van der Waals surface area (Å²) in [4.78, 5) is 26.6. The topological polar surface area (TPSA) is 96.0 Å². The van der Waals surface area contributed by atoms with Crippen LogP contribution >= 0.6 is 11.6 Å². The minimum atomic E-state index is -3.76. The largest absolute Gasteiger partial charge is 0.482 e. The predicted octanol–water partition coefficient (Wildman–Crippen LogP) is 3.05. The van der Waals surface area contributed by atoms with Crippen molar-refractivity contribution in [3.05, 3.63) is 53.1 Å². The Kier molecular flexibility index (Phi) is 7.16. The van der Waals surface area contributed by atoms with E-state index in [0.29, 0.717) is 23.9 Å². The molecule has 2 aliphatic rings. The molecule has 8 nitrogen and oxygen atoms in total. The van der Waals surface area contributed by atoms with Crippen LogP contribution in [0.4, 0.5) is 5.69 Å². The van der Waals surface area contributed by atoms with Crippen molar-refractivity contribution in [2.75, 3.05) is 31.1 Å². The molecule has 182 valence electrons. The quantitative estimate of drug-likeness (QED) is 0.651. The van der Waals surface area contributed by atoms with Gasteiger partial charge in [0.1, 0.15) is 12.3 Å². The van der Waals surface area contributed by atoms with Crippen molar-refractivity contribution in [3.63, 3.8) is 0 Å². The Morgan fingerprint density at radius 2 is 1.85 bits per heavy atom. The fourth-order valence-corrected chi connectivity index (χ4v) is 6.40. The lowest BCUT2D eigenvalue weighted by atomic mass is 9.94. The number of ether oxygens (including phenoxy) is 1. The second-order valence-corrected chi connectivity index (χ2v) is 11.4. The number of hydrogen-bond acceptors (Lipinski definition) is 5. The third-order valence-electron chi connectivity index (χ3n) is 6.08. The molecule has 2 aromatic carbocycles. The number of rotatable bonds is 6. The molecule has 2 aromatic rings. The smallest absolute Gasteiger partial charge is 0.265 e. The van der Waals surface area contributed by atoms with Gasteiger partial charge in [0, 0.05) is 24.7 Å². The zero-order valence-corrected chi connectivity index (χ0v) is 20.7. The third kappa shape index (κ3) is 5.21. The minimum absolute atomic E-state index is 0.0762. The molecule has 1 saturated heterocycles. The molecule has 0 radical (unpaired) electrons. The number of amides is 2. The van der Waals surface area contributed by atoms with Crippen molar-refractivity contribution < 1.29 is 22.7 Å². The first-order valence-electron chi connectivity index (χ1n) is 11.2. The maximum Gasteiger partial charge on any atom is 0.265 e. The number of benzene rings is 2. The first-order chi connectivity index (χ1) is 16.1. The Morgan fingerprint density at radius 1 is 1.15 bits per heavy atom. The third-order valence-corrected chi connectivity index (χ3v) is 8.28. The molecule has 2 amide bonds. The molecular formula is C24H28ClN3O5S. The highest BCUT2D eigenvalue weighted by Crippen LogP contribution is 2.36. The van der Waals surface area contributed by atoms with Gasteiger partial charge < -0.3 is 10.1 Å². The monoisotopic (exact) mass is 505 g/mol. The summed E-state index contributed by atoms with van der Waals surface area (Å²) in [6.07, 6.45) is 0.982. The summed E-state index contributed by atoms with van der Waals surface area (Å²) in [6.45, 7) is 4.71. The molecule has 0 aliphatic carbocycles. The van der Waals surface area contributed by atoms with E-state index in [0.717, 1.165) is 12.0 Å². The van der Waals surface area contributed by atoms with Crippen LogP contribution in [0.1, 0.15) is 25.8 Å². The number of anilines is 1. The van der Waals surface area contributed by atoms with Crippen LogP contribution in [0.3, 0.4) is 0 Å². The molecule has 0 bridgehead atoms. The fraction of sp³-hybridized carbons (Fsp3) is 0.417. The molecule has 1 fully saturated rings. The Balaban J connectivity index is 1.54. The molecule has 2 unspecified atom stereocenters. The number of carbonyl (C=O) groups excluding carboxylic acids is 2. The highest BCUT2D eigenvalue weighted by Gasteiger charge is 2.34. The summed E-state index contributed by atoms with van der Waals surface area (Å²) >= 11 is 6.14. The molecule has 2 atom stereocenters. The van der Waals surface area contributed by atoms with E-state index >= 15 is 0 Å². The number of nitrogens with zero attached hydrogens (tertiary/aromatic N) is 2. The average molecular weight is 506 g/mol. The molecule has 2 aliphatic heterocycles. The Hall–Kier alpha value is -2.62. The van der Waals surface area contributed by atoms with Crippen molar-refractivity contribution in [2.45, 2.75) is 31.7 Å². The standard InChI is InChI=1S/C24H28ClN3O5S/c1-16-9-17(2)13-27(12-16)34(31,32)19-7-8-22-21(10-19)28(24(30)15-33-22)14-23(29)26-11-18-5-3-4-6-20(18)25/h3-8,10,16-17H,9,11-15H2,1-2H3,(H,26,29). The molecule has 34 heavy (non-hydrogen) atoms. The van der Waals surface area contributed by atoms with Crippen LogP contribution in [-0.4, -0.2) is 50.8 Å².